The molecule has 0 saturated carbocycles. The van der Waals surface area contributed by atoms with E-state index < -0.39 is 0 Å². The Morgan fingerprint density at radius 3 is 2.47 bits per heavy atom. The average molecular weight is 216 g/mol. The van der Waals surface area contributed by atoms with Gasteiger partial charge >= 0.3 is 0 Å². The molecule has 0 fully saturated rings. The number of thioether (sulfide) groups is 1. The summed E-state index contributed by atoms with van der Waals surface area (Å²) < 4.78 is 2.06. The van der Waals surface area contributed by atoms with Crippen molar-refractivity contribution < 1.29 is 4.58 Å². The summed E-state index contributed by atoms with van der Waals surface area (Å²) in [6.45, 7) is 0. The van der Waals surface area contributed by atoms with Gasteiger partial charge in [0.1, 0.15) is 14.1 Å². The Labute approximate surface area is 94.4 Å². The molecule has 2 aromatic rings. The molecule has 0 aliphatic rings. The van der Waals surface area contributed by atoms with Crippen LogP contribution in [0.3, 0.4) is 0 Å². The fourth-order valence-electron chi connectivity index (χ4n) is 1.41. The number of hydrogen-bond acceptors (Lipinski definition) is 1. The van der Waals surface area contributed by atoms with E-state index in [9.17, 15) is 0 Å². The molecule has 0 aromatic heterocycles. The van der Waals surface area contributed by atoms with Crippen molar-refractivity contribution in [2.45, 2.75) is 4.90 Å². The van der Waals surface area contributed by atoms with Crippen molar-refractivity contribution in [3.8, 4) is 0 Å². The van der Waals surface area contributed by atoms with Gasteiger partial charge in [0.25, 0.3) is 0 Å². The van der Waals surface area contributed by atoms with E-state index in [1.165, 1.54) is 15.7 Å². The molecule has 2 rings (SSSR count). The fourth-order valence-corrected chi connectivity index (χ4v) is 2.08. The SMILES string of the molecule is C[N+](C)=CSc1ccc2ccccc2c1. The molecule has 2 heteroatoms. The number of nitrogens with zero attached hydrogens (tertiary/aromatic N) is 1. The van der Waals surface area contributed by atoms with Crippen LogP contribution in [-0.4, -0.2) is 24.2 Å². The third-order valence-electron chi connectivity index (χ3n) is 2.12. The molecule has 0 radical (unpaired) electrons. The zero-order chi connectivity index (χ0) is 10.7. The average Bonchev–Trinajstić information content (AvgIpc) is 2.26. The molecule has 1 nitrogen and oxygen atoms in total. The zero-order valence-corrected chi connectivity index (χ0v) is 9.79. The van der Waals surface area contributed by atoms with Crippen molar-refractivity contribution in [2.75, 3.05) is 14.1 Å². The maximum Gasteiger partial charge on any atom is 0.202 e. The molecular formula is C13H14NS+. The monoisotopic (exact) mass is 216 g/mol. The van der Waals surface area contributed by atoms with Crippen molar-refractivity contribution in [3.05, 3.63) is 42.5 Å². The number of rotatable bonds is 2. The summed E-state index contributed by atoms with van der Waals surface area (Å²) >= 11 is 1.74. The Hall–Kier alpha value is -1.28. The van der Waals surface area contributed by atoms with E-state index in [-0.39, 0.29) is 0 Å². The Kier molecular flexibility index (Phi) is 3.07. The lowest BCUT2D eigenvalue weighted by molar-refractivity contribution is -0.456. The zero-order valence-electron chi connectivity index (χ0n) is 8.97. The second-order valence-corrected chi connectivity index (χ2v) is 4.61. The maximum absolute atomic E-state index is 2.22. The van der Waals surface area contributed by atoms with Gasteiger partial charge in [-0.2, -0.15) is 0 Å². The maximum atomic E-state index is 2.22. The van der Waals surface area contributed by atoms with Gasteiger partial charge in [0.2, 0.25) is 5.55 Å². The number of benzene rings is 2. The van der Waals surface area contributed by atoms with Crippen LogP contribution >= 0.6 is 11.8 Å². The van der Waals surface area contributed by atoms with Crippen molar-refractivity contribution in [1.82, 2.24) is 0 Å². The van der Waals surface area contributed by atoms with E-state index in [1.54, 1.807) is 11.8 Å². The van der Waals surface area contributed by atoms with Gasteiger partial charge in [0, 0.05) is 4.90 Å². The predicted octanol–water partition coefficient (Wildman–Crippen LogP) is 3.23. The normalized spacial score (nSPS) is 10.3. The van der Waals surface area contributed by atoms with Gasteiger partial charge < -0.3 is 0 Å². The van der Waals surface area contributed by atoms with Crippen LogP contribution in [0.15, 0.2) is 47.4 Å². The largest absolute Gasteiger partial charge is 0.236 e. The van der Waals surface area contributed by atoms with Crippen molar-refractivity contribution in [1.29, 1.82) is 0 Å². The summed E-state index contributed by atoms with van der Waals surface area (Å²) in [5.41, 5.74) is 2.10. The minimum absolute atomic E-state index is 1.28. The Bertz CT molecular complexity index is 499. The molecule has 0 N–H and O–H groups in total. The summed E-state index contributed by atoms with van der Waals surface area (Å²) in [4.78, 5) is 1.28. The highest BCUT2D eigenvalue weighted by molar-refractivity contribution is 8.11. The minimum Gasteiger partial charge on any atom is -0.236 e. The van der Waals surface area contributed by atoms with Crippen LogP contribution in [0.4, 0.5) is 0 Å². The number of fused-ring (bicyclic) bond motifs is 1. The lowest BCUT2D eigenvalue weighted by Gasteiger charge is -1.99. The first-order valence-electron chi connectivity index (χ1n) is 4.91. The van der Waals surface area contributed by atoms with Crippen LogP contribution < -0.4 is 0 Å². The first kappa shape index (κ1) is 10.2. The van der Waals surface area contributed by atoms with Gasteiger partial charge in [-0.1, -0.05) is 30.3 Å². The van der Waals surface area contributed by atoms with Gasteiger partial charge in [-0.05, 0) is 34.7 Å². The lowest BCUT2D eigenvalue weighted by atomic mass is 10.1. The van der Waals surface area contributed by atoms with E-state index in [1.807, 2.05) is 14.1 Å². The fraction of sp³-hybridized carbons (Fsp3) is 0.154. The summed E-state index contributed by atoms with van der Waals surface area (Å²) in [6.07, 6.45) is 0. The van der Waals surface area contributed by atoms with Gasteiger partial charge in [-0.15, -0.1) is 0 Å². The highest BCUT2D eigenvalue weighted by atomic mass is 32.2. The molecule has 76 valence electrons. The second-order valence-electron chi connectivity index (χ2n) is 3.70. The van der Waals surface area contributed by atoms with Crippen LogP contribution in [-0.2, 0) is 0 Å². The molecule has 0 aliphatic heterocycles. The molecule has 0 heterocycles. The van der Waals surface area contributed by atoms with E-state index >= 15 is 0 Å². The third-order valence-corrected chi connectivity index (χ3v) is 3.17. The summed E-state index contributed by atoms with van der Waals surface area (Å²) in [5.74, 6) is 0. The topological polar surface area (TPSA) is 3.01 Å². The Balaban J connectivity index is 2.34. The first-order chi connectivity index (χ1) is 7.25. The lowest BCUT2D eigenvalue weighted by Crippen LogP contribution is -1.94. The van der Waals surface area contributed by atoms with Crippen LogP contribution in [0.25, 0.3) is 10.8 Å². The Morgan fingerprint density at radius 1 is 1.00 bits per heavy atom. The molecule has 0 bridgehead atoms. The van der Waals surface area contributed by atoms with Crippen LogP contribution in [0.2, 0.25) is 0 Å². The van der Waals surface area contributed by atoms with Crippen molar-refractivity contribution in [2.24, 2.45) is 0 Å². The van der Waals surface area contributed by atoms with Gasteiger partial charge in [0.15, 0.2) is 0 Å². The van der Waals surface area contributed by atoms with Crippen molar-refractivity contribution >= 4 is 28.1 Å². The van der Waals surface area contributed by atoms with Crippen LogP contribution in [0.5, 0.6) is 0 Å². The van der Waals surface area contributed by atoms with Gasteiger partial charge in [-0.25, -0.2) is 4.58 Å². The standard InChI is InChI=1S/C13H14NS/c1-14(2)10-15-13-8-7-11-5-3-4-6-12(11)9-13/h3-10H,1-2H3/q+1. The quantitative estimate of drug-likeness (QED) is 0.322. The molecule has 0 atom stereocenters. The van der Waals surface area contributed by atoms with E-state index in [4.69, 9.17) is 0 Å². The van der Waals surface area contributed by atoms with E-state index in [0.717, 1.165) is 0 Å². The van der Waals surface area contributed by atoms with Gasteiger partial charge in [0.05, 0.1) is 0 Å². The number of hydrogen-bond donors (Lipinski definition) is 0. The first-order valence-corrected chi connectivity index (χ1v) is 5.79. The smallest absolute Gasteiger partial charge is 0.202 e. The minimum atomic E-state index is 1.28. The molecule has 0 amide bonds. The van der Waals surface area contributed by atoms with E-state index in [2.05, 4.69) is 52.6 Å². The molecule has 0 spiro atoms. The summed E-state index contributed by atoms with van der Waals surface area (Å²) in [5, 5.41) is 2.60. The van der Waals surface area contributed by atoms with Crippen LogP contribution in [0, 0.1) is 0 Å². The molecule has 0 saturated heterocycles. The molecular weight excluding hydrogens is 202 g/mol. The highest BCUT2D eigenvalue weighted by Gasteiger charge is 1.96. The third kappa shape index (κ3) is 2.60. The predicted molar refractivity (Wildman–Crippen MR) is 68.0 cm³/mol. The Morgan fingerprint density at radius 2 is 1.73 bits per heavy atom. The van der Waals surface area contributed by atoms with Crippen LogP contribution in [0.1, 0.15) is 0 Å². The molecule has 2 aromatic carbocycles. The van der Waals surface area contributed by atoms with E-state index in [0.29, 0.717) is 0 Å². The van der Waals surface area contributed by atoms with Crippen molar-refractivity contribution in [3.63, 3.8) is 0 Å². The van der Waals surface area contributed by atoms with Gasteiger partial charge in [-0.3, -0.25) is 0 Å². The second kappa shape index (κ2) is 4.49. The molecule has 15 heavy (non-hydrogen) atoms. The summed E-state index contributed by atoms with van der Waals surface area (Å²) in [7, 11) is 4.07. The molecule has 0 unspecified atom stereocenters. The molecule has 0 aliphatic carbocycles. The summed E-state index contributed by atoms with van der Waals surface area (Å²) in [6, 6.07) is 15.0. The highest BCUT2D eigenvalue weighted by Crippen LogP contribution is 2.21.